The molecule has 0 bridgehead atoms. The molecule has 6 nitrogen and oxygen atoms in total. The van der Waals surface area contributed by atoms with Gasteiger partial charge < -0.3 is 25.0 Å². The zero-order valence-electron chi connectivity index (χ0n) is 17.2. The zero-order chi connectivity index (χ0) is 19.5. The van der Waals surface area contributed by atoms with Gasteiger partial charge in [0.1, 0.15) is 5.82 Å². The van der Waals surface area contributed by atoms with E-state index >= 15 is 0 Å². The van der Waals surface area contributed by atoms with Crippen LogP contribution in [0.4, 0.5) is 4.39 Å². The van der Waals surface area contributed by atoms with Crippen LogP contribution in [0.25, 0.3) is 0 Å². The molecule has 0 aromatic heterocycles. The van der Waals surface area contributed by atoms with Gasteiger partial charge in [0.25, 0.3) is 0 Å². The molecule has 160 valence electrons. The highest BCUT2D eigenvalue weighted by Gasteiger charge is 2.19. The molecular weight excluding hydrogens is 474 g/mol. The molecule has 0 saturated carbocycles. The Morgan fingerprint density at radius 2 is 2.00 bits per heavy atom. The summed E-state index contributed by atoms with van der Waals surface area (Å²) in [6.07, 6.45) is 3.28. The zero-order valence-corrected chi connectivity index (χ0v) is 19.5. The van der Waals surface area contributed by atoms with Gasteiger partial charge in [-0.05, 0) is 37.0 Å². The first-order valence-electron chi connectivity index (χ1n) is 9.61. The molecule has 1 aliphatic heterocycles. The van der Waals surface area contributed by atoms with Crippen molar-refractivity contribution < 1.29 is 13.9 Å². The van der Waals surface area contributed by atoms with E-state index in [-0.39, 0.29) is 36.4 Å². The monoisotopic (exact) mass is 508 g/mol. The van der Waals surface area contributed by atoms with Crippen LogP contribution < -0.4 is 10.6 Å². The Labute approximate surface area is 185 Å². The molecule has 0 radical (unpaired) electrons. The molecule has 1 saturated heterocycles. The number of hydrogen-bond donors (Lipinski definition) is 2. The van der Waals surface area contributed by atoms with Crippen molar-refractivity contribution in [3.63, 3.8) is 0 Å². The van der Waals surface area contributed by atoms with Crippen molar-refractivity contribution in [1.29, 1.82) is 0 Å². The summed E-state index contributed by atoms with van der Waals surface area (Å²) in [6.45, 7) is 4.97. The summed E-state index contributed by atoms with van der Waals surface area (Å²) in [5.41, 5.74) is 1.57. The first kappa shape index (κ1) is 25.1. The summed E-state index contributed by atoms with van der Waals surface area (Å²) in [4.78, 5) is 6.81. The molecule has 8 heteroatoms. The third-order valence-electron chi connectivity index (χ3n) is 4.84. The fourth-order valence-corrected chi connectivity index (χ4v) is 3.31. The first-order chi connectivity index (χ1) is 13.2. The fourth-order valence-electron chi connectivity index (χ4n) is 3.31. The molecule has 0 aliphatic carbocycles. The summed E-state index contributed by atoms with van der Waals surface area (Å²) >= 11 is 0. The van der Waals surface area contributed by atoms with Gasteiger partial charge >= 0.3 is 0 Å². The van der Waals surface area contributed by atoms with Crippen molar-refractivity contribution in [2.24, 2.45) is 4.99 Å². The summed E-state index contributed by atoms with van der Waals surface area (Å²) in [5, 5.41) is 6.82. The first-order valence-corrected chi connectivity index (χ1v) is 9.61. The quantitative estimate of drug-likeness (QED) is 0.233. The Hall–Kier alpha value is -0.970. The Balaban J connectivity index is 0.00000392. The van der Waals surface area contributed by atoms with E-state index in [4.69, 9.17) is 9.47 Å². The van der Waals surface area contributed by atoms with E-state index in [1.54, 1.807) is 27.3 Å². The molecule has 2 N–H and O–H groups in total. The van der Waals surface area contributed by atoms with Crippen molar-refractivity contribution in [2.75, 3.05) is 47.5 Å². The van der Waals surface area contributed by atoms with Gasteiger partial charge in [-0.15, -0.1) is 24.0 Å². The second-order valence-corrected chi connectivity index (χ2v) is 6.89. The fraction of sp³-hybridized carbons (Fsp3) is 0.650. The number of piperidine rings is 1. The number of likely N-dealkylation sites (tertiary alicyclic amines) is 1. The molecule has 1 heterocycles. The predicted octanol–water partition coefficient (Wildman–Crippen LogP) is 2.76. The third-order valence-corrected chi connectivity index (χ3v) is 4.84. The van der Waals surface area contributed by atoms with Gasteiger partial charge in [0.2, 0.25) is 0 Å². The lowest BCUT2D eigenvalue weighted by Crippen LogP contribution is -2.48. The standard InChI is InChI=1S/C20H33FN4O2.HI/c1-22-20(23-14-16-5-6-19(21)17(13-16)15-27-3)24-18-7-10-25(11-8-18)9-4-12-26-2;/h5-6,13,18H,4,7-12,14-15H2,1-3H3,(H2,22,23,24);1H. The van der Waals surface area contributed by atoms with E-state index in [1.165, 1.54) is 6.07 Å². The summed E-state index contributed by atoms with van der Waals surface area (Å²) < 4.78 is 23.9. The Morgan fingerprint density at radius 1 is 1.25 bits per heavy atom. The molecular formula is C20H34FIN4O2. The second kappa shape index (κ2) is 14.1. The molecule has 1 aliphatic rings. The summed E-state index contributed by atoms with van der Waals surface area (Å²) in [5.74, 6) is 0.547. The van der Waals surface area contributed by atoms with Crippen molar-refractivity contribution in [3.05, 3.63) is 35.1 Å². The third kappa shape index (κ3) is 8.59. The van der Waals surface area contributed by atoms with E-state index in [9.17, 15) is 4.39 Å². The van der Waals surface area contributed by atoms with Gasteiger partial charge in [0.15, 0.2) is 5.96 Å². The molecule has 1 aromatic carbocycles. The lowest BCUT2D eigenvalue weighted by atomic mass is 10.1. The van der Waals surface area contributed by atoms with Gasteiger partial charge in [-0.1, -0.05) is 6.07 Å². The molecule has 2 rings (SSSR count). The highest BCUT2D eigenvalue weighted by molar-refractivity contribution is 14.0. The number of aliphatic imine (C=N–C) groups is 1. The Kier molecular flexibility index (Phi) is 12.6. The summed E-state index contributed by atoms with van der Waals surface area (Å²) in [7, 11) is 5.09. The van der Waals surface area contributed by atoms with Gasteiger partial charge in [-0.2, -0.15) is 0 Å². The maximum atomic E-state index is 13.7. The molecule has 1 aromatic rings. The number of benzene rings is 1. The highest BCUT2D eigenvalue weighted by atomic mass is 127. The van der Waals surface area contributed by atoms with Gasteiger partial charge in [-0.3, -0.25) is 4.99 Å². The van der Waals surface area contributed by atoms with E-state index in [0.29, 0.717) is 18.2 Å². The lowest BCUT2D eigenvalue weighted by Gasteiger charge is -2.33. The van der Waals surface area contributed by atoms with Crippen LogP contribution in [-0.2, 0) is 22.6 Å². The average Bonchev–Trinajstić information content (AvgIpc) is 2.69. The number of hydrogen-bond acceptors (Lipinski definition) is 4. The van der Waals surface area contributed by atoms with Gasteiger partial charge in [0.05, 0.1) is 6.61 Å². The van der Waals surface area contributed by atoms with Crippen molar-refractivity contribution in [2.45, 2.75) is 38.5 Å². The van der Waals surface area contributed by atoms with Crippen LogP contribution >= 0.6 is 24.0 Å². The number of guanidine groups is 1. The van der Waals surface area contributed by atoms with E-state index < -0.39 is 0 Å². The molecule has 0 unspecified atom stereocenters. The largest absolute Gasteiger partial charge is 0.385 e. The maximum Gasteiger partial charge on any atom is 0.191 e. The SMILES string of the molecule is CN=C(NCc1ccc(F)c(COC)c1)NC1CCN(CCCOC)CC1.I. The predicted molar refractivity (Wildman–Crippen MR) is 122 cm³/mol. The van der Waals surface area contributed by atoms with Crippen LogP contribution in [0, 0.1) is 5.82 Å². The van der Waals surface area contributed by atoms with Gasteiger partial charge in [-0.25, -0.2) is 4.39 Å². The van der Waals surface area contributed by atoms with Crippen molar-refractivity contribution in [1.82, 2.24) is 15.5 Å². The maximum absolute atomic E-state index is 13.7. The molecule has 28 heavy (non-hydrogen) atoms. The highest BCUT2D eigenvalue weighted by Crippen LogP contribution is 2.12. The minimum absolute atomic E-state index is 0. The van der Waals surface area contributed by atoms with Crippen LogP contribution in [0.2, 0.25) is 0 Å². The van der Waals surface area contributed by atoms with Crippen LogP contribution in [-0.4, -0.2) is 64.4 Å². The normalized spacial score (nSPS) is 15.9. The van der Waals surface area contributed by atoms with Crippen LogP contribution in [0.5, 0.6) is 0 Å². The van der Waals surface area contributed by atoms with Crippen LogP contribution in [0.15, 0.2) is 23.2 Å². The van der Waals surface area contributed by atoms with Crippen molar-refractivity contribution >= 4 is 29.9 Å². The number of halogens is 2. The van der Waals surface area contributed by atoms with Crippen molar-refractivity contribution in [3.8, 4) is 0 Å². The lowest BCUT2D eigenvalue weighted by molar-refractivity contribution is 0.155. The van der Waals surface area contributed by atoms with E-state index in [0.717, 1.165) is 57.0 Å². The molecule has 0 amide bonds. The minimum atomic E-state index is -0.236. The Morgan fingerprint density at radius 3 is 2.64 bits per heavy atom. The van der Waals surface area contributed by atoms with E-state index in [2.05, 4.69) is 20.5 Å². The molecule has 0 atom stereocenters. The van der Waals surface area contributed by atoms with Gasteiger partial charge in [0, 0.05) is 65.7 Å². The summed E-state index contributed by atoms with van der Waals surface area (Å²) in [6, 6.07) is 5.53. The number of methoxy groups -OCH3 is 2. The molecule has 0 spiro atoms. The average molecular weight is 508 g/mol. The molecule has 1 fully saturated rings. The van der Waals surface area contributed by atoms with Crippen LogP contribution in [0.3, 0.4) is 0 Å². The Bertz CT molecular complexity index is 596. The number of nitrogens with zero attached hydrogens (tertiary/aromatic N) is 2. The minimum Gasteiger partial charge on any atom is -0.385 e. The van der Waals surface area contributed by atoms with Crippen LogP contribution in [0.1, 0.15) is 30.4 Å². The number of ether oxygens (including phenoxy) is 2. The number of rotatable bonds is 9. The second-order valence-electron chi connectivity index (χ2n) is 6.89. The van der Waals surface area contributed by atoms with E-state index in [1.807, 2.05) is 6.07 Å². The smallest absolute Gasteiger partial charge is 0.191 e. The number of nitrogens with one attached hydrogen (secondary N) is 2. The topological polar surface area (TPSA) is 58.1 Å².